The highest BCUT2D eigenvalue weighted by Gasteiger charge is 2.23. The maximum Gasteiger partial charge on any atom is 0.242 e. The topological polar surface area (TPSA) is 97.7 Å². The number of hydrogen-bond acceptors (Lipinski definition) is 7. The molecule has 1 fully saturated rings. The Morgan fingerprint density at radius 2 is 2.00 bits per heavy atom. The van der Waals surface area contributed by atoms with Crippen LogP contribution in [-0.2, 0) is 9.53 Å². The van der Waals surface area contributed by atoms with Gasteiger partial charge in [-0.1, -0.05) is 38.1 Å². The number of aromatic nitrogens is 3. The van der Waals surface area contributed by atoms with Crippen molar-refractivity contribution in [1.29, 1.82) is 0 Å². The highest BCUT2D eigenvalue weighted by molar-refractivity contribution is 5.83. The van der Waals surface area contributed by atoms with Crippen molar-refractivity contribution in [3.05, 3.63) is 48.3 Å². The minimum atomic E-state index is -0.511. The molecule has 8 heteroatoms. The Balaban J connectivity index is 1.58. The van der Waals surface area contributed by atoms with E-state index in [2.05, 4.69) is 9.97 Å². The number of aliphatic hydroxyl groups excluding tert-OH is 1. The fourth-order valence-electron chi connectivity index (χ4n) is 3.71. The summed E-state index contributed by atoms with van der Waals surface area (Å²) in [6, 6.07) is 9.57. The number of pyridine rings is 1. The lowest BCUT2D eigenvalue weighted by atomic mass is 9.97. The van der Waals surface area contributed by atoms with E-state index in [9.17, 15) is 9.90 Å². The van der Waals surface area contributed by atoms with Crippen molar-refractivity contribution in [3.63, 3.8) is 0 Å². The quantitative estimate of drug-likeness (QED) is 0.634. The third-order valence-electron chi connectivity index (χ3n) is 5.59. The van der Waals surface area contributed by atoms with Crippen LogP contribution in [0.15, 0.2) is 42.7 Å². The molecule has 0 aliphatic carbocycles. The first kappa shape index (κ1) is 22.1. The zero-order valence-electron chi connectivity index (χ0n) is 18.6. The standard InChI is InChI=1S/C24H28N4O4/c1-15(2)23(30)18-6-4-17(5-7-18)20-12-21-22(26-9-8-25-21)24(27-20)32-14-19-13-28(16(3)29)10-11-31-19/h4-9,12,15,19,23,30H,10-11,13-14H2,1-3H3/t19-,23?/m0/s1. The molecular formula is C24H28N4O4. The number of benzene rings is 1. The lowest BCUT2D eigenvalue weighted by Crippen LogP contribution is -2.46. The van der Waals surface area contributed by atoms with E-state index in [0.29, 0.717) is 42.3 Å². The summed E-state index contributed by atoms with van der Waals surface area (Å²) in [5, 5.41) is 10.3. The van der Waals surface area contributed by atoms with E-state index in [0.717, 1.165) is 11.1 Å². The Hall–Kier alpha value is -3.10. The van der Waals surface area contributed by atoms with Crippen LogP contribution in [0.5, 0.6) is 5.88 Å². The smallest absolute Gasteiger partial charge is 0.242 e. The molecule has 1 aliphatic heterocycles. The van der Waals surface area contributed by atoms with Crippen molar-refractivity contribution in [1.82, 2.24) is 19.9 Å². The van der Waals surface area contributed by atoms with Crippen molar-refractivity contribution >= 4 is 16.9 Å². The summed E-state index contributed by atoms with van der Waals surface area (Å²) >= 11 is 0. The maximum atomic E-state index is 11.7. The van der Waals surface area contributed by atoms with E-state index in [1.54, 1.807) is 24.2 Å². The first-order chi connectivity index (χ1) is 15.4. The van der Waals surface area contributed by atoms with Gasteiger partial charge >= 0.3 is 0 Å². The molecule has 1 aromatic carbocycles. The van der Waals surface area contributed by atoms with E-state index < -0.39 is 6.10 Å². The van der Waals surface area contributed by atoms with Crippen LogP contribution in [0.1, 0.15) is 32.4 Å². The average Bonchev–Trinajstić information content (AvgIpc) is 2.82. The van der Waals surface area contributed by atoms with Gasteiger partial charge in [0.15, 0.2) is 5.52 Å². The van der Waals surface area contributed by atoms with Crippen LogP contribution in [0.2, 0.25) is 0 Å². The molecule has 32 heavy (non-hydrogen) atoms. The third-order valence-corrected chi connectivity index (χ3v) is 5.59. The van der Waals surface area contributed by atoms with Gasteiger partial charge < -0.3 is 19.5 Å². The summed E-state index contributed by atoms with van der Waals surface area (Å²) in [6.45, 7) is 7.34. The zero-order chi connectivity index (χ0) is 22.7. The molecule has 0 saturated carbocycles. The van der Waals surface area contributed by atoms with Crippen molar-refractivity contribution in [2.75, 3.05) is 26.3 Å². The Morgan fingerprint density at radius 3 is 2.72 bits per heavy atom. The van der Waals surface area contributed by atoms with Crippen LogP contribution in [0.25, 0.3) is 22.3 Å². The number of aliphatic hydroxyl groups is 1. The lowest BCUT2D eigenvalue weighted by Gasteiger charge is -2.32. The van der Waals surface area contributed by atoms with Gasteiger partial charge in [0.25, 0.3) is 0 Å². The summed E-state index contributed by atoms with van der Waals surface area (Å²) in [6.07, 6.45) is 2.49. The molecule has 0 bridgehead atoms. The fraction of sp³-hybridized carbons (Fsp3) is 0.417. The molecule has 1 amide bonds. The van der Waals surface area contributed by atoms with Crippen molar-refractivity contribution in [3.8, 4) is 17.1 Å². The molecule has 8 nitrogen and oxygen atoms in total. The van der Waals surface area contributed by atoms with E-state index >= 15 is 0 Å². The van der Waals surface area contributed by atoms with Crippen molar-refractivity contribution in [2.45, 2.75) is 33.0 Å². The Labute approximate surface area is 187 Å². The predicted molar refractivity (Wildman–Crippen MR) is 120 cm³/mol. The molecule has 0 spiro atoms. The number of morpholine rings is 1. The van der Waals surface area contributed by atoms with Gasteiger partial charge in [0.05, 0.1) is 30.5 Å². The second-order valence-corrected chi connectivity index (χ2v) is 8.32. The number of amides is 1. The monoisotopic (exact) mass is 436 g/mol. The third kappa shape index (κ3) is 4.87. The van der Waals surface area contributed by atoms with Crippen LogP contribution < -0.4 is 4.74 Å². The predicted octanol–water partition coefficient (Wildman–Crippen LogP) is 3.01. The fourth-order valence-corrected chi connectivity index (χ4v) is 3.71. The van der Waals surface area contributed by atoms with E-state index in [4.69, 9.17) is 14.5 Å². The Bertz CT molecular complexity index is 1090. The number of carbonyl (C=O) groups is 1. The van der Waals surface area contributed by atoms with Gasteiger partial charge in [-0.25, -0.2) is 9.97 Å². The number of carbonyl (C=O) groups excluding carboxylic acids is 1. The van der Waals surface area contributed by atoms with Gasteiger partial charge in [0.2, 0.25) is 11.8 Å². The Morgan fingerprint density at radius 1 is 1.25 bits per heavy atom. The molecule has 1 unspecified atom stereocenters. The highest BCUT2D eigenvalue weighted by atomic mass is 16.5. The molecule has 1 N–H and O–H groups in total. The SMILES string of the molecule is CC(=O)N1CCO[C@H](COc2nc(-c3ccc(C(O)C(C)C)cc3)cc3nccnc23)C1. The second-order valence-electron chi connectivity index (χ2n) is 8.32. The molecule has 1 saturated heterocycles. The minimum Gasteiger partial charge on any atom is -0.473 e. The molecule has 3 aromatic rings. The van der Waals surface area contributed by atoms with Gasteiger partial charge in [-0.2, -0.15) is 0 Å². The van der Waals surface area contributed by atoms with Crippen molar-refractivity contribution < 1.29 is 19.4 Å². The van der Waals surface area contributed by atoms with Crippen LogP contribution in [-0.4, -0.2) is 63.3 Å². The number of ether oxygens (including phenoxy) is 2. The molecule has 2 atom stereocenters. The van der Waals surface area contributed by atoms with Crippen LogP contribution in [0.4, 0.5) is 0 Å². The maximum absolute atomic E-state index is 11.7. The van der Waals surface area contributed by atoms with Crippen LogP contribution in [0.3, 0.4) is 0 Å². The van der Waals surface area contributed by atoms with Crippen LogP contribution in [0, 0.1) is 5.92 Å². The molecule has 1 aliphatic rings. The summed E-state index contributed by atoms with van der Waals surface area (Å²) in [5.41, 5.74) is 3.70. The Kier molecular flexibility index (Phi) is 6.62. The molecule has 0 radical (unpaired) electrons. The number of hydrogen-bond donors (Lipinski definition) is 1. The normalized spacial score (nSPS) is 17.5. The van der Waals surface area contributed by atoms with Crippen LogP contribution >= 0.6 is 0 Å². The van der Waals surface area contributed by atoms with Gasteiger partial charge in [-0.05, 0) is 17.5 Å². The summed E-state index contributed by atoms with van der Waals surface area (Å²) in [4.78, 5) is 26.9. The summed E-state index contributed by atoms with van der Waals surface area (Å²) in [5.74, 6) is 0.539. The molecule has 168 valence electrons. The average molecular weight is 437 g/mol. The number of nitrogens with zero attached hydrogens (tertiary/aromatic N) is 4. The van der Waals surface area contributed by atoms with Gasteiger partial charge in [-0.3, -0.25) is 9.78 Å². The van der Waals surface area contributed by atoms with E-state index in [1.807, 2.05) is 44.2 Å². The number of fused-ring (bicyclic) bond motifs is 1. The lowest BCUT2D eigenvalue weighted by molar-refractivity contribution is -0.137. The van der Waals surface area contributed by atoms with E-state index in [-0.39, 0.29) is 24.5 Å². The first-order valence-electron chi connectivity index (χ1n) is 10.8. The summed E-state index contributed by atoms with van der Waals surface area (Å²) < 4.78 is 11.8. The first-order valence-corrected chi connectivity index (χ1v) is 10.8. The molecule has 2 aromatic heterocycles. The minimum absolute atomic E-state index is 0.0285. The summed E-state index contributed by atoms with van der Waals surface area (Å²) in [7, 11) is 0. The van der Waals surface area contributed by atoms with E-state index in [1.165, 1.54) is 0 Å². The van der Waals surface area contributed by atoms with Gasteiger partial charge in [0.1, 0.15) is 12.7 Å². The largest absolute Gasteiger partial charge is 0.473 e. The van der Waals surface area contributed by atoms with Gasteiger partial charge in [-0.15, -0.1) is 0 Å². The number of rotatable bonds is 6. The molecule has 3 heterocycles. The second kappa shape index (κ2) is 9.58. The molecular weight excluding hydrogens is 408 g/mol. The zero-order valence-corrected chi connectivity index (χ0v) is 18.6. The molecule has 4 rings (SSSR count). The van der Waals surface area contributed by atoms with Crippen molar-refractivity contribution in [2.24, 2.45) is 5.92 Å². The highest BCUT2D eigenvalue weighted by Crippen LogP contribution is 2.29. The van der Waals surface area contributed by atoms with Gasteiger partial charge in [0, 0.05) is 31.4 Å².